The molecule has 0 radical (unpaired) electrons. The molecule has 0 aliphatic heterocycles. The van der Waals surface area contributed by atoms with Gasteiger partial charge in [0.1, 0.15) is 11.6 Å². The number of aromatic nitrogens is 2. The van der Waals surface area contributed by atoms with Gasteiger partial charge in [0.2, 0.25) is 0 Å². The van der Waals surface area contributed by atoms with Crippen molar-refractivity contribution in [1.82, 2.24) is 20.2 Å². The molecule has 1 aromatic heterocycles. The molecule has 3 aromatic rings. The van der Waals surface area contributed by atoms with Crippen LogP contribution in [0.4, 0.5) is 0 Å². The fourth-order valence-electron chi connectivity index (χ4n) is 3.22. The van der Waals surface area contributed by atoms with Gasteiger partial charge in [-0.05, 0) is 25.5 Å². The second-order valence-corrected chi connectivity index (χ2v) is 6.87. The molecule has 0 spiro atoms. The average Bonchev–Trinajstić information content (AvgIpc) is 3.20. The van der Waals surface area contributed by atoms with Crippen LogP contribution in [0.5, 0.6) is 5.75 Å². The quantitative estimate of drug-likeness (QED) is 0.233. The van der Waals surface area contributed by atoms with Crippen LogP contribution in [-0.4, -0.2) is 35.2 Å². The number of benzene rings is 2. The molecule has 6 nitrogen and oxygen atoms in total. The van der Waals surface area contributed by atoms with Crippen LogP contribution in [0.1, 0.15) is 30.8 Å². The zero-order chi connectivity index (χ0) is 21.0. The Hall–Kier alpha value is -2.55. The van der Waals surface area contributed by atoms with Crippen molar-refractivity contribution < 1.29 is 4.74 Å². The molecule has 1 heterocycles. The zero-order valence-corrected chi connectivity index (χ0v) is 20.6. The van der Waals surface area contributed by atoms with Crippen LogP contribution in [0.2, 0.25) is 0 Å². The fourth-order valence-corrected chi connectivity index (χ4v) is 3.22. The van der Waals surface area contributed by atoms with Crippen LogP contribution < -0.4 is 15.4 Å². The summed E-state index contributed by atoms with van der Waals surface area (Å²) in [5, 5.41) is 6.73. The molecule has 0 aliphatic carbocycles. The van der Waals surface area contributed by atoms with Gasteiger partial charge in [-0.15, -0.1) is 24.0 Å². The van der Waals surface area contributed by atoms with Crippen molar-refractivity contribution in [2.24, 2.45) is 4.99 Å². The minimum Gasteiger partial charge on any atom is -0.494 e. The maximum atomic E-state index is 5.70. The Labute approximate surface area is 202 Å². The van der Waals surface area contributed by atoms with Gasteiger partial charge in [-0.25, -0.2) is 9.98 Å². The van der Waals surface area contributed by atoms with Crippen molar-refractivity contribution in [2.75, 3.05) is 19.7 Å². The summed E-state index contributed by atoms with van der Waals surface area (Å²) < 4.78 is 7.89. The summed E-state index contributed by atoms with van der Waals surface area (Å²) in [7, 11) is 0. The Bertz CT molecular complexity index is 926. The highest BCUT2D eigenvalue weighted by molar-refractivity contribution is 14.0. The number of imidazole rings is 1. The molecule has 0 bridgehead atoms. The number of hydrogen-bond donors (Lipinski definition) is 2. The predicted molar refractivity (Wildman–Crippen MR) is 137 cm³/mol. The molecule has 31 heavy (non-hydrogen) atoms. The first-order valence-corrected chi connectivity index (χ1v) is 10.6. The number of aliphatic imine (C=N–C) groups is 1. The highest BCUT2D eigenvalue weighted by Crippen LogP contribution is 2.18. The Morgan fingerprint density at radius 3 is 2.58 bits per heavy atom. The van der Waals surface area contributed by atoms with Gasteiger partial charge >= 0.3 is 0 Å². The predicted octanol–water partition coefficient (Wildman–Crippen LogP) is 4.25. The molecule has 7 heteroatoms. The monoisotopic (exact) mass is 533 g/mol. The van der Waals surface area contributed by atoms with E-state index in [1.54, 1.807) is 0 Å². The van der Waals surface area contributed by atoms with Crippen molar-refractivity contribution in [3.05, 3.63) is 83.9 Å². The van der Waals surface area contributed by atoms with E-state index in [0.717, 1.165) is 49.2 Å². The highest BCUT2D eigenvalue weighted by Gasteiger charge is 2.06. The van der Waals surface area contributed by atoms with Crippen LogP contribution in [-0.2, 0) is 19.5 Å². The van der Waals surface area contributed by atoms with Crippen molar-refractivity contribution in [1.29, 1.82) is 0 Å². The van der Waals surface area contributed by atoms with Gasteiger partial charge in [-0.1, -0.05) is 48.5 Å². The van der Waals surface area contributed by atoms with E-state index in [1.807, 2.05) is 43.6 Å². The van der Waals surface area contributed by atoms with Crippen molar-refractivity contribution in [3.8, 4) is 5.75 Å². The lowest BCUT2D eigenvalue weighted by molar-refractivity contribution is 0.336. The summed E-state index contributed by atoms with van der Waals surface area (Å²) in [6, 6.07) is 18.5. The molecule has 0 aliphatic rings. The third-order valence-corrected chi connectivity index (χ3v) is 4.66. The maximum Gasteiger partial charge on any atom is 0.191 e. The second kappa shape index (κ2) is 13.7. The summed E-state index contributed by atoms with van der Waals surface area (Å²) in [5.41, 5.74) is 2.35. The minimum atomic E-state index is 0. The minimum absolute atomic E-state index is 0. The summed E-state index contributed by atoms with van der Waals surface area (Å²) >= 11 is 0. The molecule has 0 fully saturated rings. The number of rotatable bonds is 10. The Morgan fingerprint density at radius 1 is 1.03 bits per heavy atom. The van der Waals surface area contributed by atoms with E-state index >= 15 is 0 Å². The van der Waals surface area contributed by atoms with Crippen molar-refractivity contribution in [3.63, 3.8) is 0 Å². The average molecular weight is 533 g/mol. The summed E-state index contributed by atoms with van der Waals surface area (Å²) in [6.07, 6.45) is 4.72. The van der Waals surface area contributed by atoms with E-state index in [-0.39, 0.29) is 24.0 Å². The van der Waals surface area contributed by atoms with E-state index in [4.69, 9.17) is 9.73 Å². The molecule has 3 rings (SSSR count). The zero-order valence-electron chi connectivity index (χ0n) is 18.3. The molecule has 0 saturated carbocycles. The van der Waals surface area contributed by atoms with E-state index < -0.39 is 0 Å². The summed E-state index contributed by atoms with van der Waals surface area (Å²) in [5.74, 6) is 2.75. The first kappa shape index (κ1) is 24.7. The molecule has 0 amide bonds. The lowest BCUT2D eigenvalue weighted by atomic mass is 10.2. The van der Waals surface area contributed by atoms with Gasteiger partial charge in [-0.3, -0.25) is 0 Å². The molecule has 2 N–H and O–H groups in total. The first-order valence-electron chi connectivity index (χ1n) is 10.6. The third-order valence-electron chi connectivity index (χ3n) is 4.66. The molecule has 0 saturated heterocycles. The largest absolute Gasteiger partial charge is 0.494 e. The topological polar surface area (TPSA) is 63.5 Å². The normalized spacial score (nSPS) is 11.0. The molecular formula is C24H32IN5O. The standard InChI is InChI=1S/C24H31N5O.HI/c1-3-25-24(28-18-21-12-8-9-13-22(21)30-4-2)27-15-14-23-26-16-17-29(23)19-20-10-6-5-7-11-20;/h5-13,16-17H,3-4,14-15,18-19H2,1-2H3,(H2,25,27,28);1H. The van der Waals surface area contributed by atoms with Crippen LogP contribution in [0.15, 0.2) is 72.0 Å². The van der Waals surface area contributed by atoms with E-state index in [0.29, 0.717) is 13.2 Å². The van der Waals surface area contributed by atoms with E-state index in [1.165, 1.54) is 5.56 Å². The van der Waals surface area contributed by atoms with Crippen LogP contribution in [0, 0.1) is 0 Å². The van der Waals surface area contributed by atoms with Gasteiger partial charge in [0.15, 0.2) is 5.96 Å². The SMILES string of the molecule is CCNC(=NCc1ccccc1OCC)NCCc1nccn1Cc1ccccc1.I. The van der Waals surface area contributed by atoms with Gasteiger partial charge in [0, 0.05) is 44.0 Å². The highest BCUT2D eigenvalue weighted by atomic mass is 127. The van der Waals surface area contributed by atoms with E-state index in [2.05, 4.69) is 57.4 Å². The first-order chi connectivity index (χ1) is 14.8. The van der Waals surface area contributed by atoms with Gasteiger partial charge in [0.25, 0.3) is 0 Å². The molecular weight excluding hydrogens is 501 g/mol. The number of nitrogens with one attached hydrogen (secondary N) is 2. The number of guanidine groups is 1. The van der Waals surface area contributed by atoms with Crippen molar-refractivity contribution >= 4 is 29.9 Å². The molecule has 2 aromatic carbocycles. The number of halogens is 1. The van der Waals surface area contributed by atoms with Gasteiger partial charge in [-0.2, -0.15) is 0 Å². The van der Waals surface area contributed by atoms with Crippen LogP contribution in [0.3, 0.4) is 0 Å². The third kappa shape index (κ3) is 7.90. The van der Waals surface area contributed by atoms with Gasteiger partial charge < -0.3 is 19.9 Å². The lowest BCUT2D eigenvalue weighted by Crippen LogP contribution is -2.38. The maximum absolute atomic E-state index is 5.70. The van der Waals surface area contributed by atoms with Crippen molar-refractivity contribution in [2.45, 2.75) is 33.4 Å². The Morgan fingerprint density at radius 2 is 1.81 bits per heavy atom. The fraction of sp³-hybridized carbons (Fsp3) is 0.333. The number of para-hydroxylation sites is 1. The molecule has 0 unspecified atom stereocenters. The van der Waals surface area contributed by atoms with Crippen LogP contribution in [0.25, 0.3) is 0 Å². The number of ether oxygens (including phenoxy) is 1. The van der Waals surface area contributed by atoms with Crippen LogP contribution >= 0.6 is 24.0 Å². The molecule has 0 atom stereocenters. The summed E-state index contributed by atoms with van der Waals surface area (Å²) in [4.78, 5) is 9.25. The van der Waals surface area contributed by atoms with Gasteiger partial charge in [0.05, 0.1) is 13.2 Å². The second-order valence-electron chi connectivity index (χ2n) is 6.87. The smallest absolute Gasteiger partial charge is 0.191 e. The number of hydrogen-bond acceptors (Lipinski definition) is 3. The number of nitrogens with zero attached hydrogens (tertiary/aromatic N) is 3. The van der Waals surface area contributed by atoms with E-state index in [9.17, 15) is 0 Å². The summed E-state index contributed by atoms with van der Waals surface area (Å²) in [6.45, 7) is 7.67. The Balaban J connectivity index is 0.00000341. The lowest BCUT2D eigenvalue weighted by Gasteiger charge is -2.13. The Kier molecular flexibility index (Phi) is 10.9. The molecule has 166 valence electrons.